The summed E-state index contributed by atoms with van der Waals surface area (Å²) in [5.74, 6) is -0.283. The molecule has 0 amide bonds. The minimum Gasteiger partial charge on any atom is -0.298 e. The molecule has 2 heteroatoms. The van der Waals surface area contributed by atoms with Crippen molar-refractivity contribution in [3.8, 4) is 0 Å². The maximum absolute atomic E-state index is 13.8. The Morgan fingerprint density at radius 1 is 1.36 bits per heavy atom. The van der Waals surface area contributed by atoms with E-state index in [4.69, 9.17) is 0 Å². The number of carbonyl (C=O) groups excluding carboxylic acids is 1. The maximum Gasteiger partial charge on any atom is 0.153 e. The number of hydrogen-bond acceptors (Lipinski definition) is 1. The summed E-state index contributed by atoms with van der Waals surface area (Å²) in [5, 5.41) is 0. The van der Waals surface area contributed by atoms with Crippen LogP contribution in [0.5, 0.6) is 0 Å². The van der Waals surface area contributed by atoms with Crippen LogP contribution in [0.15, 0.2) is 6.07 Å². The van der Waals surface area contributed by atoms with Crippen LogP contribution in [0.1, 0.15) is 39.9 Å². The monoisotopic (exact) mass is 192 g/mol. The summed E-state index contributed by atoms with van der Waals surface area (Å²) in [7, 11) is 0. The Kier molecular flexibility index (Phi) is 2.36. The highest BCUT2D eigenvalue weighted by Gasteiger charge is 2.18. The molecule has 1 aliphatic rings. The highest BCUT2D eigenvalue weighted by molar-refractivity contribution is 5.78. The number of benzene rings is 1. The van der Waals surface area contributed by atoms with Gasteiger partial charge in [0.15, 0.2) is 6.29 Å². The van der Waals surface area contributed by atoms with E-state index in [1.54, 1.807) is 6.92 Å². The van der Waals surface area contributed by atoms with Gasteiger partial charge in [0.25, 0.3) is 0 Å². The fourth-order valence-corrected chi connectivity index (χ4v) is 2.16. The maximum atomic E-state index is 13.8. The predicted octanol–water partition coefficient (Wildman–Crippen LogP) is 2.83. The molecule has 0 spiro atoms. The van der Waals surface area contributed by atoms with Crippen molar-refractivity contribution in [3.05, 3.63) is 34.1 Å². The van der Waals surface area contributed by atoms with Crippen LogP contribution in [0, 0.1) is 12.7 Å². The minimum absolute atomic E-state index is 0.241. The van der Waals surface area contributed by atoms with Gasteiger partial charge in [-0.2, -0.15) is 0 Å². The smallest absolute Gasteiger partial charge is 0.153 e. The molecule has 0 aromatic heterocycles. The zero-order valence-corrected chi connectivity index (χ0v) is 8.27. The van der Waals surface area contributed by atoms with E-state index in [0.717, 1.165) is 42.4 Å². The van der Waals surface area contributed by atoms with Crippen LogP contribution < -0.4 is 0 Å². The average molecular weight is 192 g/mol. The molecular weight excluding hydrogens is 179 g/mol. The van der Waals surface area contributed by atoms with Crippen LogP contribution in [0.3, 0.4) is 0 Å². The van der Waals surface area contributed by atoms with Crippen molar-refractivity contribution in [3.63, 3.8) is 0 Å². The highest BCUT2D eigenvalue weighted by Crippen LogP contribution is 2.27. The zero-order chi connectivity index (χ0) is 10.1. The molecule has 0 heterocycles. The molecule has 1 nitrogen and oxygen atoms in total. The van der Waals surface area contributed by atoms with Crippen LogP contribution in [-0.4, -0.2) is 6.29 Å². The summed E-state index contributed by atoms with van der Waals surface area (Å²) >= 11 is 0. The second-order valence-corrected chi connectivity index (χ2v) is 3.88. The number of halogens is 1. The predicted molar refractivity (Wildman–Crippen MR) is 53.2 cm³/mol. The lowest BCUT2D eigenvalue weighted by Gasteiger charge is -2.18. The first-order chi connectivity index (χ1) is 6.74. The first kappa shape index (κ1) is 9.38. The molecule has 14 heavy (non-hydrogen) atoms. The van der Waals surface area contributed by atoms with E-state index in [1.807, 2.05) is 6.07 Å². The second kappa shape index (κ2) is 3.52. The third kappa shape index (κ3) is 1.35. The molecule has 74 valence electrons. The number of aldehydes is 1. The highest BCUT2D eigenvalue weighted by atomic mass is 19.1. The molecule has 0 bridgehead atoms. The van der Waals surface area contributed by atoms with E-state index in [0.29, 0.717) is 6.29 Å². The molecule has 0 aliphatic heterocycles. The van der Waals surface area contributed by atoms with Gasteiger partial charge in [-0.3, -0.25) is 4.79 Å². The van der Waals surface area contributed by atoms with Crippen molar-refractivity contribution in [1.29, 1.82) is 0 Å². The molecule has 0 saturated carbocycles. The summed E-state index contributed by atoms with van der Waals surface area (Å²) < 4.78 is 13.8. The zero-order valence-electron chi connectivity index (χ0n) is 8.27. The van der Waals surface area contributed by atoms with E-state index in [-0.39, 0.29) is 11.4 Å². The van der Waals surface area contributed by atoms with E-state index in [1.165, 1.54) is 0 Å². The van der Waals surface area contributed by atoms with Gasteiger partial charge in [0.1, 0.15) is 5.82 Å². The van der Waals surface area contributed by atoms with Gasteiger partial charge in [-0.25, -0.2) is 4.39 Å². The van der Waals surface area contributed by atoms with Crippen LogP contribution in [0.25, 0.3) is 0 Å². The summed E-state index contributed by atoms with van der Waals surface area (Å²) in [6.45, 7) is 1.79. The molecule has 0 saturated heterocycles. The topological polar surface area (TPSA) is 17.1 Å². The van der Waals surface area contributed by atoms with Gasteiger partial charge in [-0.05, 0) is 49.3 Å². The van der Waals surface area contributed by atoms with Gasteiger partial charge in [-0.15, -0.1) is 0 Å². The van der Waals surface area contributed by atoms with Crippen LogP contribution in [0.4, 0.5) is 4.39 Å². The minimum atomic E-state index is -0.283. The Hall–Kier alpha value is -1.18. The van der Waals surface area contributed by atoms with Gasteiger partial charge in [0, 0.05) is 0 Å². The standard InChI is InChI=1S/C12H13FO/c1-8-6-9-4-2-3-5-10(9)12(13)11(8)7-14/h6-7H,2-5H2,1H3. The molecule has 0 radical (unpaired) electrons. The van der Waals surface area contributed by atoms with Crippen LogP contribution >= 0.6 is 0 Å². The van der Waals surface area contributed by atoms with Crippen molar-refractivity contribution in [2.75, 3.05) is 0 Å². The third-order valence-corrected chi connectivity index (χ3v) is 2.95. The van der Waals surface area contributed by atoms with Crippen molar-refractivity contribution >= 4 is 6.29 Å². The largest absolute Gasteiger partial charge is 0.298 e. The van der Waals surface area contributed by atoms with Crippen LogP contribution in [0.2, 0.25) is 0 Å². The van der Waals surface area contributed by atoms with E-state index >= 15 is 0 Å². The second-order valence-electron chi connectivity index (χ2n) is 3.88. The fourth-order valence-electron chi connectivity index (χ4n) is 2.16. The normalized spacial score (nSPS) is 15.0. The molecule has 0 unspecified atom stereocenters. The van der Waals surface area contributed by atoms with Gasteiger partial charge in [0.2, 0.25) is 0 Å². The molecule has 0 fully saturated rings. The molecule has 1 aromatic carbocycles. The van der Waals surface area contributed by atoms with E-state index < -0.39 is 0 Å². The van der Waals surface area contributed by atoms with Gasteiger partial charge >= 0.3 is 0 Å². The van der Waals surface area contributed by atoms with Gasteiger partial charge in [0.05, 0.1) is 5.56 Å². The summed E-state index contributed by atoms with van der Waals surface area (Å²) in [6.07, 6.45) is 4.52. The average Bonchev–Trinajstić information content (AvgIpc) is 2.18. The van der Waals surface area contributed by atoms with E-state index in [2.05, 4.69) is 0 Å². The van der Waals surface area contributed by atoms with Crippen molar-refractivity contribution < 1.29 is 9.18 Å². The molecule has 2 rings (SSSR count). The molecule has 1 aromatic rings. The summed E-state index contributed by atoms with van der Waals surface area (Å²) in [4.78, 5) is 10.7. The molecule has 1 aliphatic carbocycles. The Labute approximate surface area is 82.9 Å². The van der Waals surface area contributed by atoms with Crippen molar-refractivity contribution in [2.45, 2.75) is 32.6 Å². The Bertz CT molecular complexity index is 382. The Balaban J connectivity index is 2.63. The number of aryl methyl sites for hydroxylation is 2. The van der Waals surface area contributed by atoms with Crippen molar-refractivity contribution in [2.24, 2.45) is 0 Å². The first-order valence-corrected chi connectivity index (χ1v) is 5.00. The Morgan fingerprint density at radius 2 is 2.07 bits per heavy atom. The number of fused-ring (bicyclic) bond motifs is 1. The Morgan fingerprint density at radius 3 is 2.79 bits per heavy atom. The summed E-state index contributed by atoms with van der Waals surface area (Å²) in [6, 6.07) is 1.96. The molecular formula is C12H13FO. The lowest BCUT2D eigenvalue weighted by atomic mass is 9.88. The fraction of sp³-hybridized carbons (Fsp3) is 0.417. The quantitative estimate of drug-likeness (QED) is 0.625. The number of rotatable bonds is 1. The summed E-state index contributed by atoms with van der Waals surface area (Å²) in [5.41, 5.74) is 2.87. The molecule has 0 atom stereocenters. The molecule has 0 N–H and O–H groups in total. The first-order valence-electron chi connectivity index (χ1n) is 5.00. The van der Waals surface area contributed by atoms with Crippen molar-refractivity contribution in [1.82, 2.24) is 0 Å². The number of hydrogen-bond donors (Lipinski definition) is 0. The lowest BCUT2D eigenvalue weighted by Crippen LogP contribution is -2.09. The third-order valence-electron chi connectivity index (χ3n) is 2.95. The van der Waals surface area contributed by atoms with Crippen LogP contribution in [-0.2, 0) is 12.8 Å². The number of carbonyl (C=O) groups is 1. The van der Waals surface area contributed by atoms with E-state index in [9.17, 15) is 9.18 Å². The van der Waals surface area contributed by atoms with Gasteiger partial charge in [-0.1, -0.05) is 6.07 Å². The lowest BCUT2D eigenvalue weighted by molar-refractivity contribution is 0.111. The SMILES string of the molecule is Cc1cc2c(c(F)c1C=O)CCCC2. The van der Waals surface area contributed by atoms with Gasteiger partial charge < -0.3 is 0 Å².